The maximum absolute atomic E-state index is 12.8. The van der Waals surface area contributed by atoms with Gasteiger partial charge >= 0.3 is 0 Å². The van der Waals surface area contributed by atoms with E-state index in [1.54, 1.807) is 26.0 Å². The summed E-state index contributed by atoms with van der Waals surface area (Å²) in [7, 11) is 0. The van der Waals surface area contributed by atoms with Gasteiger partial charge in [-0.05, 0) is 26.0 Å². The predicted octanol–water partition coefficient (Wildman–Crippen LogP) is 1.02. The molecule has 3 N–H and O–H groups in total. The number of alkyl halides is 2. The van der Waals surface area contributed by atoms with Gasteiger partial charge in [0.05, 0.1) is 24.3 Å². The predicted molar refractivity (Wildman–Crippen MR) is 60.0 cm³/mol. The van der Waals surface area contributed by atoms with Gasteiger partial charge in [0, 0.05) is 5.69 Å². The summed E-state index contributed by atoms with van der Waals surface area (Å²) in [4.78, 5) is 15.7. The fourth-order valence-corrected chi connectivity index (χ4v) is 1.30. The fraction of sp³-hybridized carbons (Fsp3) is 0.455. The average molecular weight is 243 g/mol. The second-order valence-corrected chi connectivity index (χ2v) is 3.83. The number of aryl methyl sites for hydroxylation is 2. The first kappa shape index (κ1) is 13.5. The molecule has 0 saturated carbocycles. The molecule has 0 aromatic carbocycles. The number of carbonyl (C=O) groups is 1. The molecule has 94 valence electrons. The highest BCUT2D eigenvalue weighted by molar-refractivity contribution is 5.95. The molecule has 0 radical (unpaired) electrons. The van der Waals surface area contributed by atoms with Crippen LogP contribution >= 0.6 is 0 Å². The van der Waals surface area contributed by atoms with Crippen LogP contribution in [0.3, 0.4) is 0 Å². The van der Waals surface area contributed by atoms with Gasteiger partial charge in [-0.15, -0.1) is 0 Å². The third-order valence-electron chi connectivity index (χ3n) is 2.28. The molecule has 1 heterocycles. The van der Waals surface area contributed by atoms with Gasteiger partial charge in [-0.25, -0.2) is 8.78 Å². The monoisotopic (exact) mass is 243 g/mol. The maximum Gasteiger partial charge on any atom is 0.277 e. The number of amides is 1. The van der Waals surface area contributed by atoms with Crippen LogP contribution in [0.25, 0.3) is 0 Å². The minimum Gasteiger partial charge on any atom is -0.346 e. The average Bonchev–Trinajstić information content (AvgIpc) is 2.26. The Morgan fingerprint density at radius 2 is 2.12 bits per heavy atom. The summed E-state index contributed by atoms with van der Waals surface area (Å²) in [5.74, 6) is -3.65. The van der Waals surface area contributed by atoms with Crippen molar-refractivity contribution in [2.24, 2.45) is 5.73 Å². The smallest absolute Gasteiger partial charge is 0.277 e. The molecule has 0 atom stereocenters. The number of carbonyl (C=O) groups excluding carboxylic acids is 1. The van der Waals surface area contributed by atoms with E-state index in [-0.39, 0.29) is 0 Å². The number of nitrogens with one attached hydrogen (secondary N) is 1. The van der Waals surface area contributed by atoms with E-state index in [9.17, 15) is 13.6 Å². The molecule has 0 aliphatic heterocycles. The molecule has 1 rings (SSSR count). The number of aromatic nitrogens is 1. The van der Waals surface area contributed by atoms with E-state index in [0.29, 0.717) is 11.3 Å². The summed E-state index contributed by atoms with van der Waals surface area (Å²) in [6.45, 7) is 1.88. The molecule has 4 nitrogen and oxygen atoms in total. The molecule has 1 amide bonds. The lowest BCUT2D eigenvalue weighted by Crippen LogP contribution is -2.41. The van der Waals surface area contributed by atoms with Crippen molar-refractivity contribution in [1.29, 1.82) is 0 Å². The highest BCUT2D eigenvalue weighted by atomic mass is 19.3. The van der Waals surface area contributed by atoms with Gasteiger partial charge in [0.15, 0.2) is 0 Å². The van der Waals surface area contributed by atoms with Crippen molar-refractivity contribution < 1.29 is 13.6 Å². The SMILES string of the molecule is Cc1ccc(C(=O)NCC(F)(F)CN)c(C)n1. The van der Waals surface area contributed by atoms with Gasteiger partial charge in [-0.2, -0.15) is 0 Å². The number of pyridine rings is 1. The van der Waals surface area contributed by atoms with Crippen molar-refractivity contribution in [2.75, 3.05) is 13.1 Å². The number of halogens is 2. The van der Waals surface area contributed by atoms with Crippen LogP contribution in [0, 0.1) is 13.8 Å². The molecule has 1 aromatic rings. The van der Waals surface area contributed by atoms with Gasteiger partial charge in [0.25, 0.3) is 11.8 Å². The molecule has 0 aliphatic rings. The van der Waals surface area contributed by atoms with Crippen LogP contribution in [0.4, 0.5) is 8.78 Å². The van der Waals surface area contributed by atoms with E-state index >= 15 is 0 Å². The molecular weight excluding hydrogens is 228 g/mol. The largest absolute Gasteiger partial charge is 0.346 e. The van der Waals surface area contributed by atoms with Crippen molar-refractivity contribution in [3.63, 3.8) is 0 Å². The summed E-state index contributed by atoms with van der Waals surface area (Å²) in [6, 6.07) is 3.22. The lowest BCUT2D eigenvalue weighted by atomic mass is 10.1. The Balaban J connectivity index is 2.71. The highest BCUT2D eigenvalue weighted by Crippen LogP contribution is 2.10. The van der Waals surface area contributed by atoms with Crippen LogP contribution in [0.2, 0.25) is 0 Å². The van der Waals surface area contributed by atoms with Crippen molar-refractivity contribution in [3.8, 4) is 0 Å². The van der Waals surface area contributed by atoms with Gasteiger partial charge in [0.2, 0.25) is 0 Å². The molecule has 0 bridgehead atoms. The lowest BCUT2D eigenvalue weighted by Gasteiger charge is -2.15. The minimum atomic E-state index is -3.08. The standard InChI is InChI=1S/C11H15F2N3O/c1-7-3-4-9(8(2)16-7)10(17)15-6-11(12,13)5-14/h3-4H,5-6,14H2,1-2H3,(H,15,17). The zero-order chi connectivity index (χ0) is 13.1. The van der Waals surface area contributed by atoms with Gasteiger partial charge in [0.1, 0.15) is 0 Å². The molecule has 17 heavy (non-hydrogen) atoms. The van der Waals surface area contributed by atoms with E-state index < -0.39 is 24.9 Å². The zero-order valence-electron chi connectivity index (χ0n) is 9.76. The van der Waals surface area contributed by atoms with Crippen LogP contribution < -0.4 is 11.1 Å². The second kappa shape index (κ2) is 5.18. The topological polar surface area (TPSA) is 68.0 Å². The van der Waals surface area contributed by atoms with E-state index in [0.717, 1.165) is 5.69 Å². The van der Waals surface area contributed by atoms with E-state index in [2.05, 4.69) is 10.3 Å². The van der Waals surface area contributed by atoms with E-state index in [1.165, 1.54) is 0 Å². The molecule has 0 spiro atoms. The number of hydrogen-bond acceptors (Lipinski definition) is 3. The number of nitrogens with zero attached hydrogens (tertiary/aromatic N) is 1. The normalized spacial score (nSPS) is 11.4. The Hall–Kier alpha value is -1.56. The Bertz CT molecular complexity index is 421. The van der Waals surface area contributed by atoms with Crippen LogP contribution in [0.15, 0.2) is 12.1 Å². The molecule has 6 heteroatoms. The van der Waals surface area contributed by atoms with Crippen LogP contribution in [-0.4, -0.2) is 29.9 Å². The second-order valence-electron chi connectivity index (χ2n) is 3.83. The fourth-order valence-electron chi connectivity index (χ4n) is 1.30. The van der Waals surface area contributed by atoms with Gasteiger partial charge in [-0.1, -0.05) is 0 Å². The minimum absolute atomic E-state index is 0.295. The number of rotatable bonds is 4. The van der Waals surface area contributed by atoms with Crippen LogP contribution in [0.1, 0.15) is 21.7 Å². The Morgan fingerprint density at radius 1 is 1.47 bits per heavy atom. The molecule has 0 unspecified atom stereocenters. The van der Waals surface area contributed by atoms with E-state index in [1.807, 2.05) is 0 Å². The van der Waals surface area contributed by atoms with Crippen molar-refractivity contribution >= 4 is 5.91 Å². The zero-order valence-corrected chi connectivity index (χ0v) is 9.76. The molecular formula is C11H15F2N3O. The third-order valence-corrected chi connectivity index (χ3v) is 2.28. The summed E-state index contributed by atoms with van der Waals surface area (Å²) in [5, 5.41) is 2.14. The Kier molecular flexibility index (Phi) is 4.11. The Morgan fingerprint density at radius 3 is 2.65 bits per heavy atom. The van der Waals surface area contributed by atoms with Crippen LogP contribution in [0.5, 0.6) is 0 Å². The van der Waals surface area contributed by atoms with E-state index in [4.69, 9.17) is 5.73 Å². The summed E-state index contributed by atoms with van der Waals surface area (Å²) in [5.41, 5.74) is 6.44. The summed E-state index contributed by atoms with van der Waals surface area (Å²) >= 11 is 0. The van der Waals surface area contributed by atoms with Gasteiger partial charge in [-0.3, -0.25) is 9.78 Å². The molecule has 0 aliphatic carbocycles. The summed E-state index contributed by atoms with van der Waals surface area (Å²) < 4.78 is 25.7. The number of nitrogens with two attached hydrogens (primary N) is 1. The first-order valence-electron chi connectivity index (χ1n) is 5.16. The van der Waals surface area contributed by atoms with Crippen molar-refractivity contribution in [2.45, 2.75) is 19.8 Å². The molecule has 0 saturated heterocycles. The molecule has 0 fully saturated rings. The maximum atomic E-state index is 12.8. The van der Waals surface area contributed by atoms with Crippen molar-refractivity contribution in [3.05, 3.63) is 29.1 Å². The first-order valence-corrected chi connectivity index (χ1v) is 5.16. The first-order chi connectivity index (χ1) is 7.85. The number of hydrogen-bond donors (Lipinski definition) is 2. The Labute approximate surface area is 98.2 Å². The summed E-state index contributed by atoms with van der Waals surface area (Å²) in [6.07, 6.45) is 0. The lowest BCUT2D eigenvalue weighted by molar-refractivity contribution is 0.0118. The van der Waals surface area contributed by atoms with Gasteiger partial charge < -0.3 is 11.1 Å². The quantitative estimate of drug-likeness (QED) is 0.829. The van der Waals surface area contributed by atoms with Crippen LogP contribution in [-0.2, 0) is 0 Å². The highest BCUT2D eigenvalue weighted by Gasteiger charge is 2.27. The third kappa shape index (κ3) is 3.74. The van der Waals surface area contributed by atoms with Crippen molar-refractivity contribution in [1.82, 2.24) is 10.3 Å². The molecule has 1 aromatic heterocycles.